The van der Waals surface area contributed by atoms with E-state index in [0.717, 1.165) is 48.6 Å². The molecule has 48 heavy (non-hydrogen) atoms. The van der Waals surface area contributed by atoms with E-state index in [9.17, 15) is 0 Å². The molecule has 274 valence electrons. The van der Waals surface area contributed by atoms with Crippen LogP contribution in [-0.4, -0.2) is 38.3 Å². The Morgan fingerprint density at radius 2 is 0.917 bits per heavy atom. The van der Waals surface area contributed by atoms with Crippen molar-refractivity contribution in [1.29, 1.82) is 0 Å². The number of hydrogen-bond donors (Lipinski definition) is 0. The van der Waals surface area contributed by atoms with Gasteiger partial charge in [-0.25, -0.2) is 0 Å². The molecule has 1 heterocycles. The van der Waals surface area contributed by atoms with Crippen molar-refractivity contribution in [3.63, 3.8) is 0 Å². The van der Waals surface area contributed by atoms with E-state index in [-0.39, 0.29) is 0 Å². The number of ether oxygens (including phenoxy) is 3. The number of nitrogens with zero attached hydrogens (tertiary/aromatic N) is 1. The lowest BCUT2D eigenvalue weighted by molar-refractivity contribution is 0.234. The fraction of sp³-hybridized carbons (Fsp3) is 0.727. The zero-order chi connectivity index (χ0) is 34.3. The largest absolute Gasteiger partial charge is 0.490 e. The summed E-state index contributed by atoms with van der Waals surface area (Å²) in [5.41, 5.74) is 2.32. The summed E-state index contributed by atoms with van der Waals surface area (Å²) in [7, 11) is 2.10. The molecule has 0 saturated heterocycles. The molecule has 0 spiro atoms. The first-order valence-corrected chi connectivity index (χ1v) is 20.5. The molecular weight excluding hydrogens is 590 g/mol. The molecule has 0 saturated carbocycles. The van der Waals surface area contributed by atoms with Crippen molar-refractivity contribution >= 4 is 6.08 Å². The summed E-state index contributed by atoms with van der Waals surface area (Å²) in [5, 5.41) is 0. The average Bonchev–Trinajstić information content (AvgIpc) is 3.10. The molecule has 1 aromatic rings. The Bertz CT molecular complexity index is 954. The highest BCUT2D eigenvalue weighted by atomic mass is 16.5. The Labute approximate surface area is 297 Å². The van der Waals surface area contributed by atoms with Gasteiger partial charge in [-0.3, -0.25) is 0 Å². The van der Waals surface area contributed by atoms with Crippen molar-refractivity contribution in [3.05, 3.63) is 47.7 Å². The van der Waals surface area contributed by atoms with Gasteiger partial charge in [0.2, 0.25) is 5.75 Å². The minimum Gasteiger partial charge on any atom is -0.490 e. The predicted octanol–water partition coefficient (Wildman–Crippen LogP) is 13.6. The summed E-state index contributed by atoms with van der Waals surface area (Å²) in [6.07, 6.45) is 41.9. The topological polar surface area (TPSA) is 30.9 Å². The number of rotatable bonds is 32. The number of benzene rings is 1. The molecule has 0 N–H and O–H groups in total. The van der Waals surface area contributed by atoms with Crippen molar-refractivity contribution < 1.29 is 14.2 Å². The van der Waals surface area contributed by atoms with Gasteiger partial charge in [-0.2, -0.15) is 0 Å². The third kappa shape index (κ3) is 20.9. The Morgan fingerprint density at radius 1 is 0.521 bits per heavy atom. The third-order valence-electron chi connectivity index (χ3n) is 9.40. The molecule has 0 bridgehead atoms. The Hall–Kier alpha value is -2.36. The molecule has 0 aliphatic carbocycles. The average molecular weight is 666 g/mol. The van der Waals surface area contributed by atoms with Gasteiger partial charge in [-0.1, -0.05) is 174 Å². The van der Waals surface area contributed by atoms with E-state index in [4.69, 9.17) is 14.2 Å². The smallest absolute Gasteiger partial charge is 0.203 e. The maximum Gasteiger partial charge on any atom is 0.203 e. The van der Waals surface area contributed by atoms with Gasteiger partial charge in [0.05, 0.1) is 19.8 Å². The molecule has 4 heteroatoms. The minimum atomic E-state index is 0.706. The summed E-state index contributed by atoms with van der Waals surface area (Å²) in [6, 6.07) is 4.32. The lowest BCUT2D eigenvalue weighted by Gasteiger charge is -2.19. The van der Waals surface area contributed by atoms with Crippen LogP contribution in [0.4, 0.5) is 0 Å². The lowest BCUT2D eigenvalue weighted by atomic mass is 10.1. The van der Waals surface area contributed by atoms with Gasteiger partial charge in [-0.05, 0) is 54.8 Å². The van der Waals surface area contributed by atoms with Crippen LogP contribution < -0.4 is 14.2 Å². The highest BCUT2D eigenvalue weighted by Gasteiger charge is 2.16. The second kappa shape index (κ2) is 29.5. The SMILES string of the molecule is CCCCCCCCCCOc1cc(/C=C/C2=CCN(C)C=C2)cc(OCCCCCCCCCC)c1OCCCCCCCCCC. The molecule has 1 aromatic carbocycles. The van der Waals surface area contributed by atoms with Crippen LogP contribution in [0.1, 0.15) is 180 Å². The Morgan fingerprint density at radius 3 is 1.31 bits per heavy atom. The van der Waals surface area contributed by atoms with Crippen molar-refractivity contribution in [1.82, 2.24) is 4.90 Å². The maximum atomic E-state index is 6.54. The first kappa shape index (κ1) is 41.8. The van der Waals surface area contributed by atoms with E-state index in [1.165, 1.54) is 140 Å². The minimum absolute atomic E-state index is 0.706. The first-order chi connectivity index (χ1) is 23.7. The summed E-state index contributed by atoms with van der Waals surface area (Å²) < 4.78 is 19.6. The van der Waals surface area contributed by atoms with Gasteiger partial charge < -0.3 is 19.1 Å². The van der Waals surface area contributed by atoms with E-state index in [2.05, 4.69) is 75.4 Å². The second-order valence-corrected chi connectivity index (χ2v) is 14.1. The van der Waals surface area contributed by atoms with E-state index in [1.54, 1.807) is 0 Å². The van der Waals surface area contributed by atoms with Gasteiger partial charge in [0.1, 0.15) is 0 Å². The molecule has 0 fully saturated rings. The highest BCUT2D eigenvalue weighted by molar-refractivity contribution is 5.64. The van der Waals surface area contributed by atoms with Crippen molar-refractivity contribution in [3.8, 4) is 17.2 Å². The number of allylic oxidation sites excluding steroid dienone is 3. The van der Waals surface area contributed by atoms with Crippen LogP contribution in [0, 0.1) is 0 Å². The van der Waals surface area contributed by atoms with Gasteiger partial charge in [-0.15, -0.1) is 0 Å². The zero-order valence-corrected chi connectivity index (χ0v) is 32.0. The number of likely N-dealkylation sites (N-methyl/N-ethyl adjacent to an activating group) is 1. The van der Waals surface area contributed by atoms with Crippen LogP contribution in [0.25, 0.3) is 6.08 Å². The highest BCUT2D eigenvalue weighted by Crippen LogP contribution is 2.40. The van der Waals surface area contributed by atoms with Crippen LogP contribution in [-0.2, 0) is 0 Å². The van der Waals surface area contributed by atoms with Crippen LogP contribution in [0.3, 0.4) is 0 Å². The van der Waals surface area contributed by atoms with Crippen molar-refractivity contribution in [2.75, 3.05) is 33.4 Å². The fourth-order valence-corrected chi connectivity index (χ4v) is 6.20. The monoisotopic (exact) mass is 666 g/mol. The normalized spacial score (nSPS) is 13.0. The molecule has 1 aliphatic rings. The zero-order valence-electron chi connectivity index (χ0n) is 32.0. The molecule has 4 nitrogen and oxygen atoms in total. The van der Waals surface area contributed by atoms with E-state index >= 15 is 0 Å². The standard InChI is InChI=1S/C44H75NO3/c1-5-8-11-14-17-20-23-26-35-46-42-38-41(30-29-40-31-33-45(4)34-32-40)39-43(47-36-27-24-21-18-15-12-9-6-2)44(42)48-37-28-25-22-19-16-13-10-7-3/h29-33,38-39H,5-28,34-37H2,1-4H3/b30-29+. The number of unbranched alkanes of at least 4 members (excludes halogenated alkanes) is 21. The first-order valence-electron chi connectivity index (χ1n) is 20.5. The van der Waals surface area contributed by atoms with Gasteiger partial charge in [0, 0.05) is 13.6 Å². The van der Waals surface area contributed by atoms with E-state index in [0.29, 0.717) is 19.8 Å². The quantitative estimate of drug-likeness (QED) is 0.0717. The number of hydrogen-bond acceptors (Lipinski definition) is 4. The predicted molar refractivity (Wildman–Crippen MR) is 210 cm³/mol. The summed E-state index contributed by atoms with van der Waals surface area (Å²) >= 11 is 0. The summed E-state index contributed by atoms with van der Waals surface area (Å²) in [5.74, 6) is 2.46. The van der Waals surface area contributed by atoms with Crippen molar-refractivity contribution in [2.24, 2.45) is 0 Å². The fourth-order valence-electron chi connectivity index (χ4n) is 6.20. The van der Waals surface area contributed by atoms with E-state index < -0.39 is 0 Å². The third-order valence-corrected chi connectivity index (χ3v) is 9.40. The summed E-state index contributed by atoms with van der Waals surface area (Å²) in [6.45, 7) is 9.92. The van der Waals surface area contributed by atoms with Crippen LogP contribution >= 0.6 is 0 Å². The summed E-state index contributed by atoms with van der Waals surface area (Å²) in [4.78, 5) is 2.18. The molecule has 0 radical (unpaired) electrons. The molecule has 0 atom stereocenters. The second-order valence-electron chi connectivity index (χ2n) is 14.1. The molecule has 1 aliphatic heterocycles. The molecule has 0 amide bonds. The molecular formula is C44H75NO3. The Kier molecular flexibility index (Phi) is 25.7. The maximum absolute atomic E-state index is 6.54. The molecule has 2 rings (SSSR count). The van der Waals surface area contributed by atoms with Crippen LogP contribution in [0.5, 0.6) is 17.2 Å². The van der Waals surface area contributed by atoms with Gasteiger partial charge >= 0.3 is 0 Å². The van der Waals surface area contributed by atoms with Crippen LogP contribution in [0.15, 0.2) is 42.1 Å². The van der Waals surface area contributed by atoms with E-state index in [1.807, 2.05) is 0 Å². The van der Waals surface area contributed by atoms with Crippen molar-refractivity contribution in [2.45, 2.75) is 175 Å². The van der Waals surface area contributed by atoms with Gasteiger partial charge in [0.25, 0.3) is 0 Å². The molecule has 0 aromatic heterocycles. The lowest BCUT2D eigenvalue weighted by Crippen LogP contribution is -2.12. The van der Waals surface area contributed by atoms with Crippen LogP contribution in [0.2, 0.25) is 0 Å². The Balaban J connectivity index is 2.07. The van der Waals surface area contributed by atoms with Gasteiger partial charge in [0.15, 0.2) is 11.5 Å². The molecule has 0 unspecified atom stereocenters.